The first-order valence-electron chi connectivity index (χ1n) is 6.30. The Labute approximate surface area is 142 Å². The van der Waals surface area contributed by atoms with Crippen molar-refractivity contribution < 1.29 is 22.5 Å². The Morgan fingerprint density at radius 2 is 2.04 bits per heavy atom. The number of aromatic nitrogens is 1. The number of hydrogen-bond acceptors (Lipinski definition) is 6. The molecule has 7 nitrogen and oxygen atoms in total. The normalized spacial score (nSPS) is 11.4. The average molecular weight is 379 g/mol. The van der Waals surface area contributed by atoms with Gasteiger partial charge in [0.1, 0.15) is 6.54 Å². The molecule has 0 aliphatic carbocycles. The van der Waals surface area contributed by atoms with Crippen LogP contribution in [0.3, 0.4) is 0 Å². The molecular formula is C13H12Cl2N2O5S. The lowest BCUT2D eigenvalue weighted by atomic mass is 10.4. The minimum Gasteiger partial charge on any atom is -0.456 e. The summed E-state index contributed by atoms with van der Waals surface area (Å²) in [5.74, 6) is -0.397. The fourth-order valence-corrected chi connectivity index (χ4v) is 2.93. The Kier molecular flexibility index (Phi) is 5.64. The van der Waals surface area contributed by atoms with Gasteiger partial charge in [-0.05, 0) is 25.1 Å². The molecule has 0 atom stereocenters. The van der Waals surface area contributed by atoms with Crippen molar-refractivity contribution in [2.75, 3.05) is 6.54 Å². The summed E-state index contributed by atoms with van der Waals surface area (Å²) in [7, 11) is -3.90. The molecule has 2 rings (SSSR count). The van der Waals surface area contributed by atoms with Crippen LogP contribution >= 0.6 is 23.2 Å². The highest BCUT2D eigenvalue weighted by atomic mass is 35.5. The first kappa shape index (κ1) is 17.7. The third-order valence-electron chi connectivity index (χ3n) is 2.66. The van der Waals surface area contributed by atoms with Crippen LogP contribution in [-0.4, -0.2) is 26.1 Å². The second-order valence-corrected chi connectivity index (χ2v) is 7.08. The van der Waals surface area contributed by atoms with Gasteiger partial charge in [0.05, 0.1) is 20.6 Å². The van der Waals surface area contributed by atoms with E-state index in [1.807, 2.05) is 0 Å². The van der Waals surface area contributed by atoms with Crippen LogP contribution in [0.5, 0.6) is 0 Å². The maximum absolute atomic E-state index is 12.0. The SMILES string of the molecule is Cc1cc(COC(=O)CNS(=O)(=O)c2ccc(Cl)c(Cl)c2)on1. The number of hydrogen-bond donors (Lipinski definition) is 1. The lowest BCUT2D eigenvalue weighted by Gasteiger charge is -2.07. The molecule has 0 saturated heterocycles. The first-order chi connectivity index (χ1) is 10.8. The second kappa shape index (κ2) is 7.31. The van der Waals surface area contributed by atoms with Gasteiger partial charge >= 0.3 is 5.97 Å². The Morgan fingerprint density at radius 1 is 1.30 bits per heavy atom. The number of ether oxygens (including phenoxy) is 1. The topological polar surface area (TPSA) is 98.5 Å². The lowest BCUT2D eigenvalue weighted by molar-refractivity contribution is -0.144. The first-order valence-corrected chi connectivity index (χ1v) is 8.54. The molecular weight excluding hydrogens is 367 g/mol. The van der Waals surface area contributed by atoms with Gasteiger partial charge in [0, 0.05) is 6.07 Å². The summed E-state index contributed by atoms with van der Waals surface area (Å²) in [5, 5.41) is 3.96. The third-order valence-corrected chi connectivity index (χ3v) is 4.80. The number of aryl methyl sites for hydroxylation is 1. The number of carbonyl (C=O) groups is 1. The molecule has 0 aliphatic rings. The van der Waals surface area contributed by atoms with Crippen molar-refractivity contribution in [1.29, 1.82) is 0 Å². The number of rotatable bonds is 6. The van der Waals surface area contributed by atoms with E-state index in [1.165, 1.54) is 18.2 Å². The van der Waals surface area contributed by atoms with Gasteiger partial charge in [0.2, 0.25) is 10.0 Å². The van der Waals surface area contributed by atoms with Crippen LogP contribution in [0.2, 0.25) is 10.0 Å². The van der Waals surface area contributed by atoms with Crippen LogP contribution in [0.15, 0.2) is 33.7 Å². The van der Waals surface area contributed by atoms with E-state index in [2.05, 4.69) is 9.88 Å². The van der Waals surface area contributed by atoms with Gasteiger partial charge in [-0.2, -0.15) is 4.72 Å². The fourth-order valence-electron chi connectivity index (χ4n) is 1.57. The molecule has 1 N–H and O–H groups in total. The third kappa shape index (κ3) is 4.93. The summed E-state index contributed by atoms with van der Waals surface area (Å²) in [6, 6.07) is 5.42. The van der Waals surface area contributed by atoms with E-state index in [9.17, 15) is 13.2 Å². The Bertz CT molecular complexity index is 820. The number of halogens is 2. The zero-order chi connectivity index (χ0) is 17.0. The van der Waals surface area contributed by atoms with Gasteiger partial charge in [-0.25, -0.2) is 8.42 Å². The molecule has 2 aromatic rings. The number of carbonyl (C=O) groups excluding carboxylic acids is 1. The van der Waals surface area contributed by atoms with E-state index < -0.39 is 22.5 Å². The maximum atomic E-state index is 12.0. The van der Waals surface area contributed by atoms with Crippen molar-refractivity contribution in [3.05, 3.63) is 45.8 Å². The zero-order valence-electron chi connectivity index (χ0n) is 11.9. The highest BCUT2D eigenvalue weighted by Gasteiger charge is 2.17. The molecule has 1 heterocycles. The molecule has 0 fully saturated rings. The molecule has 10 heteroatoms. The van der Waals surface area contributed by atoms with Crippen molar-refractivity contribution in [2.24, 2.45) is 0 Å². The quantitative estimate of drug-likeness (QED) is 0.774. The molecule has 0 bridgehead atoms. The van der Waals surface area contributed by atoms with Crippen molar-refractivity contribution in [3.63, 3.8) is 0 Å². The van der Waals surface area contributed by atoms with E-state index in [0.29, 0.717) is 11.5 Å². The van der Waals surface area contributed by atoms with Crippen LogP contribution < -0.4 is 4.72 Å². The molecule has 23 heavy (non-hydrogen) atoms. The molecule has 0 saturated carbocycles. The van der Waals surface area contributed by atoms with Crippen molar-refractivity contribution in [2.45, 2.75) is 18.4 Å². The summed E-state index contributed by atoms with van der Waals surface area (Å²) < 4.78 is 35.9. The van der Waals surface area contributed by atoms with Crippen LogP contribution in [0, 0.1) is 6.92 Å². The van der Waals surface area contributed by atoms with Crippen LogP contribution in [0.4, 0.5) is 0 Å². The number of sulfonamides is 1. The van der Waals surface area contributed by atoms with Crippen LogP contribution in [-0.2, 0) is 26.2 Å². The number of nitrogens with zero attached hydrogens (tertiary/aromatic N) is 1. The fraction of sp³-hybridized carbons (Fsp3) is 0.231. The molecule has 0 radical (unpaired) electrons. The minimum absolute atomic E-state index is 0.0952. The molecule has 0 aliphatic heterocycles. The summed E-state index contributed by atoms with van der Waals surface area (Å²) in [6.07, 6.45) is 0. The summed E-state index contributed by atoms with van der Waals surface area (Å²) >= 11 is 11.5. The lowest BCUT2D eigenvalue weighted by Crippen LogP contribution is -2.30. The van der Waals surface area contributed by atoms with Gasteiger partial charge in [-0.3, -0.25) is 4.79 Å². The number of benzene rings is 1. The van der Waals surface area contributed by atoms with Crippen molar-refractivity contribution in [3.8, 4) is 0 Å². The van der Waals surface area contributed by atoms with Crippen molar-refractivity contribution >= 4 is 39.2 Å². The maximum Gasteiger partial charge on any atom is 0.321 e. The molecule has 0 amide bonds. The van der Waals surface area contributed by atoms with Gasteiger partial charge in [-0.1, -0.05) is 28.4 Å². The van der Waals surface area contributed by atoms with E-state index in [1.54, 1.807) is 13.0 Å². The highest BCUT2D eigenvalue weighted by molar-refractivity contribution is 7.89. The van der Waals surface area contributed by atoms with Gasteiger partial charge in [0.15, 0.2) is 12.4 Å². The van der Waals surface area contributed by atoms with Crippen LogP contribution in [0.25, 0.3) is 0 Å². The monoisotopic (exact) mass is 378 g/mol. The summed E-state index contributed by atoms with van der Waals surface area (Å²) in [6.45, 7) is 1.06. The Hall–Kier alpha value is -1.61. The molecule has 1 aromatic heterocycles. The van der Waals surface area contributed by atoms with Crippen molar-refractivity contribution in [1.82, 2.24) is 9.88 Å². The average Bonchev–Trinajstić information content (AvgIpc) is 2.91. The van der Waals surface area contributed by atoms with E-state index in [4.69, 9.17) is 32.5 Å². The highest BCUT2D eigenvalue weighted by Crippen LogP contribution is 2.24. The molecule has 0 unspecified atom stereocenters. The smallest absolute Gasteiger partial charge is 0.321 e. The Balaban J connectivity index is 1.90. The van der Waals surface area contributed by atoms with E-state index in [-0.39, 0.29) is 21.5 Å². The standard InChI is InChI=1S/C13H12Cl2N2O5S/c1-8-4-9(22-17-8)7-21-13(18)6-16-23(19,20)10-2-3-11(14)12(15)5-10/h2-5,16H,6-7H2,1H3. The zero-order valence-corrected chi connectivity index (χ0v) is 14.2. The number of nitrogens with one attached hydrogen (secondary N) is 1. The number of esters is 1. The molecule has 0 spiro atoms. The predicted molar refractivity (Wildman–Crippen MR) is 82.7 cm³/mol. The minimum atomic E-state index is -3.90. The Morgan fingerprint density at radius 3 is 2.65 bits per heavy atom. The predicted octanol–water partition coefficient (Wildman–Crippen LogP) is 2.31. The molecule has 124 valence electrons. The summed E-state index contributed by atoms with van der Waals surface area (Å²) in [4.78, 5) is 11.5. The van der Waals surface area contributed by atoms with E-state index in [0.717, 1.165) is 0 Å². The molecule has 1 aromatic carbocycles. The van der Waals surface area contributed by atoms with E-state index >= 15 is 0 Å². The summed E-state index contributed by atoms with van der Waals surface area (Å²) in [5.41, 5.74) is 0.649. The van der Waals surface area contributed by atoms with Crippen LogP contribution in [0.1, 0.15) is 11.5 Å². The van der Waals surface area contributed by atoms with Gasteiger partial charge in [-0.15, -0.1) is 0 Å². The largest absolute Gasteiger partial charge is 0.456 e. The van der Waals surface area contributed by atoms with Gasteiger partial charge < -0.3 is 9.26 Å². The second-order valence-electron chi connectivity index (χ2n) is 4.50. The van der Waals surface area contributed by atoms with Gasteiger partial charge in [0.25, 0.3) is 0 Å².